The van der Waals surface area contributed by atoms with Crippen molar-refractivity contribution in [2.45, 2.75) is 19.4 Å². The highest BCUT2D eigenvalue weighted by atomic mass is 32.1. The maximum absolute atomic E-state index is 13.6. The maximum Gasteiger partial charge on any atom is 0.279 e. The molecule has 0 fully saturated rings. The highest BCUT2D eigenvalue weighted by molar-refractivity contribution is 7.09. The molecular formula is C18H21F3N3O2S+. The highest BCUT2D eigenvalue weighted by Gasteiger charge is 2.24. The minimum atomic E-state index is -1.65. The van der Waals surface area contributed by atoms with Gasteiger partial charge in [0.1, 0.15) is 0 Å². The van der Waals surface area contributed by atoms with Crippen LogP contribution in [0.1, 0.15) is 11.8 Å². The van der Waals surface area contributed by atoms with E-state index in [2.05, 4.69) is 10.6 Å². The topological polar surface area (TPSA) is 62.6 Å². The Morgan fingerprint density at radius 2 is 1.93 bits per heavy atom. The van der Waals surface area contributed by atoms with Crippen LogP contribution in [-0.2, 0) is 16.0 Å². The fourth-order valence-electron chi connectivity index (χ4n) is 2.36. The third kappa shape index (κ3) is 5.80. The van der Waals surface area contributed by atoms with E-state index in [9.17, 15) is 22.8 Å². The summed E-state index contributed by atoms with van der Waals surface area (Å²) in [6.07, 6.45) is 0.727. The van der Waals surface area contributed by atoms with Gasteiger partial charge in [0.2, 0.25) is 0 Å². The van der Waals surface area contributed by atoms with Crippen molar-refractivity contribution >= 4 is 28.8 Å². The van der Waals surface area contributed by atoms with Crippen molar-refractivity contribution in [2.24, 2.45) is 0 Å². The molecule has 27 heavy (non-hydrogen) atoms. The Labute approximate surface area is 159 Å². The smallest absolute Gasteiger partial charge is 0.279 e. The van der Waals surface area contributed by atoms with Gasteiger partial charge in [-0.1, -0.05) is 6.07 Å². The van der Waals surface area contributed by atoms with Gasteiger partial charge in [0.25, 0.3) is 11.8 Å². The predicted molar refractivity (Wildman–Crippen MR) is 97.2 cm³/mol. The van der Waals surface area contributed by atoms with Gasteiger partial charge in [0.15, 0.2) is 30.0 Å². The SMILES string of the molecule is C[C@H](C(=O)NCCc1cccs1)[NH+](C)CC(=O)Nc1ccc(F)c(F)c1F. The van der Waals surface area contributed by atoms with E-state index in [1.54, 1.807) is 25.3 Å². The lowest BCUT2D eigenvalue weighted by Crippen LogP contribution is -3.15. The van der Waals surface area contributed by atoms with Crippen LogP contribution in [0.2, 0.25) is 0 Å². The van der Waals surface area contributed by atoms with E-state index in [4.69, 9.17) is 0 Å². The molecule has 2 atom stereocenters. The van der Waals surface area contributed by atoms with Crippen LogP contribution < -0.4 is 15.5 Å². The van der Waals surface area contributed by atoms with Gasteiger partial charge in [-0.25, -0.2) is 13.2 Å². The van der Waals surface area contributed by atoms with Crippen molar-refractivity contribution in [1.29, 1.82) is 0 Å². The summed E-state index contributed by atoms with van der Waals surface area (Å²) in [5.74, 6) is -5.26. The number of rotatable bonds is 8. The molecule has 146 valence electrons. The molecule has 1 unspecified atom stereocenters. The van der Waals surface area contributed by atoms with E-state index in [-0.39, 0.29) is 12.5 Å². The van der Waals surface area contributed by atoms with Crippen LogP contribution in [0.3, 0.4) is 0 Å². The number of halogens is 3. The molecule has 5 nitrogen and oxygen atoms in total. The molecule has 2 aromatic rings. The predicted octanol–water partition coefficient (Wildman–Crippen LogP) is 1.37. The summed E-state index contributed by atoms with van der Waals surface area (Å²) in [4.78, 5) is 25.9. The Kier molecular flexibility index (Phi) is 7.37. The molecule has 0 bridgehead atoms. The number of carbonyl (C=O) groups is 2. The number of benzene rings is 1. The Bertz CT molecular complexity index is 799. The van der Waals surface area contributed by atoms with Gasteiger partial charge in [0, 0.05) is 11.4 Å². The molecule has 1 heterocycles. The van der Waals surface area contributed by atoms with Gasteiger partial charge in [-0.2, -0.15) is 0 Å². The van der Waals surface area contributed by atoms with Crippen molar-refractivity contribution in [3.05, 3.63) is 52.0 Å². The average molecular weight is 400 g/mol. The first-order chi connectivity index (χ1) is 12.8. The quantitative estimate of drug-likeness (QED) is 0.586. The number of hydrogen-bond acceptors (Lipinski definition) is 3. The summed E-state index contributed by atoms with van der Waals surface area (Å²) in [5, 5.41) is 6.97. The Morgan fingerprint density at radius 1 is 1.19 bits per heavy atom. The molecule has 2 rings (SSSR count). The second-order valence-electron chi connectivity index (χ2n) is 6.14. The average Bonchev–Trinajstić information content (AvgIpc) is 3.14. The van der Waals surface area contributed by atoms with Crippen molar-refractivity contribution in [3.8, 4) is 0 Å². The van der Waals surface area contributed by atoms with Crippen molar-refractivity contribution in [2.75, 3.05) is 25.5 Å². The third-order valence-electron chi connectivity index (χ3n) is 4.13. The zero-order valence-corrected chi connectivity index (χ0v) is 15.8. The molecule has 0 saturated carbocycles. The van der Waals surface area contributed by atoms with Gasteiger partial charge >= 0.3 is 0 Å². The van der Waals surface area contributed by atoms with Crippen LogP contribution in [0.15, 0.2) is 29.6 Å². The normalized spacial score (nSPS) is 13.1. The first-order valence-electron chi connectivity index (χ1n) is 8.35. The second kappa shape index (κ2) is 9.52. The monoisotopic (exact) mass is 400 g/mol. The minimum Gasteiger partial charge on any atom is -0.351 e. The number of thiophene rings is 1. The van der Waals surface area contributed by atoms with Gasteiger partial charge in [-0.15, -0.1) is 11.3 Å². The number of amides is 2. The summed E-state index contributed by atoms with van der Waals surface area (Å²) in [5.41, 5.74) is -0.445. The summed E-state index contributed by atoms with van der Waals surface area (Å²) < 4.78 is 39.7. The summed E-state index contributed by atoms with van der Waals surface area (Å²) in [6, 6.07) is 5.08. The standard InChI is InChI=1S/C18H20F3N3O2S/c1-11(18(26)22-8-7-12-4-3-9-27-12)24(2)10-15(25)23-14-6-5-13(19)16(20)17(14)21/h3-6,9,11H,7-8,10H2,1-2H3,(H,22,26)(H,23,25)/p+1/t11-/m1/s1. The van der Waals surface area contributed by atoms with Crippen molar-refractivity contribution in [3.63, 3.8) is 0 Å². The first-order valence-corrected chi connectivity index (χ1v) is 9.23. The third-order valence-corrected chi connectivity index (χ3v) is 5.07. The largest absolute Gasteiger partial charge is 0.351 e. The van der Waals surface area contributed by atoms with Crippen LogP contribution in [-0.4, -0.2) is 38.0 Å². The molecular weight excluding hydrogens is 379 g/mol. The fraction of sp³-hybridized carbons (Fsp3) is 0.333. The van der Waals surface area contributed by atoms with Gasteiger partial charge < -0.3 is 15.5 Å². The van der Waals surface area contributed by atoms with E-state index >= 15 is 0 Å². The number of nitrogens with one attached hydrogen (secondary N) is 3. The van der Waals surface area contributed by atoms with E-state index in [1.165, 1.54) is 0 Å². The minimum absolute atomic E-state index is 0.141. The zero-order valence-electron chi connectivity index (χ0n) is 14.9. The molecule has 0 aliphatic rings. The van der Waals surface area contributed by atoms with Crippen LogP contribution in [0, 0.1) is 17.5 Å². The zero-order chi connectivity index (χ0) is 20.0. The Morgan fingerprint density at radius 3 is 2.59 bits per heavy atom. The maximum atomic E-state index is 13.6. The fourth-order valence-corrected chi connectivity index (χ4v) is 3.07. The highest BCUT2D eigenvalue weighted by Crippen LogP contribution is 2.19. The van der Waals surface area contributed by atoms with E-state index < -0.39 is 35.1 Å². The Hall–Kier alpha value is -2.39. The number of likely N-dealkylation sites (N-methyl/N-ethyl adjacent to an activating group) is 1. The van der Waals surface area contributed by atoms with Gasteiger partial charge in [-0.3, -0.25) is 9.59 Å². The molecule has 2 amide bonds. The number of anilines is 1. The number of carbonyl (C=O) groups excluding carboxylic acids is 2. The van der Waals surface area contributed by atoms with E-state index in [1.807, 2.05) is 17.5 Å². The molecule has 0 radical (unpaired) electrons. The summed E-state index contributed by atoms with van der Waals surface area (Å²) in [6.45, 7) is 2.02. The van der Waals surface area contributed by atoms with Crippen molar-refractivity contribution in [1.82, 2.24) is 5.32 Å². The van der Waals surface area contributed by atoms with E-state index in [0.29, 0.717) is 11.4 Å². The molecule has 3 N–H and O–H groups in total. The Balaban J connectivity index is 1.82. The lowest BCUT2D eigenvalue weighted by Gasteiger charge is -2.20. The van der Waals surface area contributed by atoms with Gasteiger partial charge in [0.05, 0.1) is 12.7 Å². The molecule has 0 saturated heterocycles. The van der Waals surface area contributed by atoms with Crippen molar-refractivity contribution < 1.29 is 27.7 Å². The lowest BCUT2D eigenvalue weighted by atomic mass is 10.2. The van der Waals surface area contributed by atoms with Gasteiger partial charge in [-0.05, 0) is 36.9 Å². The van der Waals surface area contributed by atoms with Crippen LogP contribution in [0.4, 0.5) is 18.9 Å². The van der Waals surface area contributed by atoms with E-state index in [0.717, 1.165) is 23.4 Å². The molecule has 9 heteroatoms. The molecule has 1 aromatic heterocycles. The van der Waals surface area contributed by atoms with Crippen LogP contribution >= 0.6 is 11.3 Å². The number of quaternary nitrogens is 1. The number of hydrogen-bond donors (Lipinski definition) is 3. The molecule has 0 aliphatic heterocycles. The molecule has 1 aromatic carbocycles. The molecule has 0 spiro atoms. The summed E-state index contributed by atoms with van der Waals surface area (Å²) in [7, 11) is 1.64. The summed E-state index contributed by atoms with van der Waals surface area (Å²) >= 11 is 1.61. The molecule has 0 aliphatic carbocycles. The first kappa shape index (κ1) is 20.9. The van der Waals surface area contributed by atoms with Crippen LogP contribution in [0.25, 0.3) is 0 Å². The lowest BCUT2D eigenvalue weighted by molar-refractivity contribution is -0.885. The second-order valence-corrected chi connectivity index (χ2v) is 7.17. The van der Waals surface area contributed by atoms with Crippen LogP contribution in [0.5, 0.6) is 0 Å².